The van der Waals surface area contributed by atoms with Gasteiger partial charge in [-0.25, -0.2) is 0 Å². The number of nitro groups is 1. The number of anilines is 1. The Kier molecular flexibility index (Phi) is 6.04. The Balaban J connectivity index is 3.03. The number of halogens is 2. The van der Waals surface area contributed by atoms with E-state index in [1.807, 2.05) is 6.92 Å². The summed E-state index contributed by atoms with van der Waals surface area (Å²) in [5.74, 6) is -0.349. The van der Waals surface area contributed by atoms with Gasteiger partial charge >= 0.3 is 5.97 Å². The third-order valence-corrected chi connectivity index (χ3v) is 3.30. The molecule has 0 N–H and O–H groups in total. The maximum atomic E-state index is 11.2. The smallest absolute Gasteiger partial charge is 0.307 e. The van der Waals surface area contributed by atoms with Gasteiger partial charge in [-0.15, -0.1) is 0 Å². The molecule has 1 rings (SSSR count). The van der Waals surface area contributed by atoms with Crippen molar-refractivity contribution >= 4 is 40.5 Å². The normalized spacial score (nSPS) is 10.2. The number of benzene rings is 1. The number of ether oxygens (including phenoxy) is 1. The van der Waals surface area contributed by atoms with Crippen LogP contribution in [0.15, 0.2) is 12.1 Å². The first-order chi connectivity index (χ1) is 9.40. The highest BCUT2D eigenvalue weighted by Crippen LogP contribution is 2.37. The van der Waals surface area contributed by atoms with Crippen molar-refractivity contribution in [1.29, 1.82) is 0 Å². The number of rotatable bonds is 6. The predicted octanol–water partition coefficient (Wildman–Crippen LogP) is 3.29. The molecular formula is C12H14Cl2N2O4. The molecule has 20 heavy (non-hydrogen) atoms. The summed E-state index contributed by atoms with van der Waals surface area (Å²) in [7, 11) is 1.31. The zero-order valence-corrected chi connectivity index (χ0v) is 12.6. The Bertz CT molecular complexity index is 499. The van der Waals surface area contributed by atoms with Crippen LogP contribution >= 0.6 is 23.2 Å². The average molecular weight is 321 g/mol. The lowest BCUT2D eigenvalue weighted by Crippen LogP contribution is -2.26. The van der Waals surface area contributed by atoms with Crippen molar-refractivity contribution in [2.24, 2.45) is 0 Å². The van der Waals surface area contributed by atoms with Crippen molar-refractivity contribution in [1.82, 2.24) is 0 Å². The molecule has 0 saturated heterocycles. The number of nitrogens with zero attached hydrogens (tertiary/aromatic N) is 2. The molecule has 1 aromatic rings. The number of non-ortho nitro benzene ring substituents is 1. The molecule has 0 atom stereocenters. The van der Waals surface area contributed by atoms with Gasteiger partial charge in [0.15, 0.2) is 0 Å². The minimum atomic E-state index is -0.563. The third-order valence-electron chi connectivity index (χ3n) is 2.72. The number of hydrogen-bond donors (Lipinski definition) is 0. The highest BCUT2D eigenvalue weighted by atomic mass is 35.5. The van der Waals surface area contributed by atoms with Crippen molar-refractivity contribution in [2.75, 3.05) is 25.1 Å². The molecule has 1 aromatic carbocycles. The molecule has 0 amide bonds. The van der Waals surface area contributed by atoms with Gasteiger partial charge in [-0.3, -0.25) is 14.9 Å². The van der Waals surface area contributed by atoms with Crippen molar-refractivity contribution < 1.29 is 14.5 Å². The van der Waals surface area contributed by atoms with Gasteiger partial charge in [0.2, 0.25) is 0 Å². The topological polar surface area (TPSA) is 72.7 Å². The first-order valence-electron chi connectivity index (χ1n) is 5.85. The van der Waals surface area contributed by atoms with Crippen molar-refractivity contribution in [2.45, 2.75) is 13.3 Å². The molecule has 0 bridgehead atoms. The number of carbonyl (C=O) groups excluding carboxylic acids is 1. The maximum absolute atomic E-state index is 11.2. The summed E-state index contributed by atoms with van der Waals surface area (Å²) in [4.78, 5) is 23.1. The van der Waals surface area contributed by atoms with Crippen LogP contribution in [0.2, 0.25) is 10.0 Å². The summed E-state index contributed by atoms with van der Waals surface area (Å²) < 4.78 is 4.57. The van der Waals surface area contributed by atoms with Crippen molar-refractivity contribution in [3.8, 4) is 0 Å². The molecule has 0 spiro atoms. The molecule has 0 aliphatic carbocycles. The van der Waals surface area contributed by atoms with Crippen LogP contribution in [-0.2, 0) is 9.53 Å². The minimum Gasteiger partial charge on any atom is -0.469 e. The molecule has 0 unspecified atom stereocenters. The van der Waals surface area contributed by atoms with E-state index in [-0.39, 0.29) is 28.1 Å². The zero-order valence-electron chi connectivity index (χ0n) is 11.1. The number of nitro benzene ring substituents is 1. The number of hydrogen-bond acceptors (Lipinski definition) is 5. The van der Waals surface area contributed by atoms with E-state index in [1.165, 1.54) is 19.2 Å². The highest BCUT2D eigenvalue weighted by Gasteiger charge is 2.19. The van der Waals surface area contributed by atoms with Gasteiger partial charge in [0.1, 0.15) is 0 Å². The summed E-state index contributed by atoms with van der Waals surface area (Å²) in [6.07, 6.45) is 0.175. The van der Waals surface area contributed by atoms with E-state index in [9.17, 15) is 14.9 Å². The van der Waals surface area contributed by atoms with Gasteiger partial charge in [0.25, 0.3) is 5.69 Å². The van der Waals surface area contributed by atoms with Crippen LogP contribution in [0.5, 0.6) is 0 Å². The maximum Gasteiger partial charge on any atom is 0.307 e. The molecule has 0 radical (unpaired) electrons. The van der Waals surface area contributed by atoms with E-state index in [4.69, 9.17) is 23.2 Å². The Morgan fingerprint density at radius 3 is 2.35 bits per heavy atom. The van der Waals surface area contributed by atoms with Crippen molar-refractivity contribution in [3.63, 3.8) is 0 Å². The van der Waals surface area contributed by atoms with E-state index in [1.54, 1.807) is 4.90 Å². The van der Waals surface area contributed by atoms with E-state index in [2.05, 4.69) is 4.74 Å². The van der Waals surface area contributed by atoms with Gasteiger partial charge in [0, 0.05) is 25.2 Å². The fraction of sp³-hybridized carbons (Fsp3) is 0.417. The Hall–Kier alpha value is -1.53. The molecule has 0 aromatic heterocycles. The monoisotopic (exact) mass is 320 g/mol. The summed E-state index contributed by atoms with van der Waals surface area (Å²) in [5.41, 5.74) is 0.304. The minimum absolute atomic E-state index is 0.173. The zero-order chi connectivity index (χ0) is 15.3. The lowest BCUT2D eigenvalue weighted by Gasteiger charge is -2.24. The van der Waals surface area contributed by atoms with Gasteiger partial charge in [-0.05, 0) is 6.92 Å². The van der Waals surface area contributed by atoms with Crippen LogP contribution in [0.4, 0.5) is 11.4 Å². The van der Waals surface area contributed by atoms with Crippen LogP contribution in [0.3, 0.4) is 0 Å². The van der Waals surface area contributed by atoms with Gasteiger partial charge in [-0.1, -0.05) is 23.2 Å². The third kappa shape index (κ3) is 3.98. The summed E-state index contributed by atoms with van der Waals surface area (Å²) in [6.45, 7) is 2.78. The second-order valence-corrected chi connectivity index (χ2v) is 4.74. The standard InChI is InChI=1S/C12H14Cl2N2O4/c1-3-15(5-4-11(17)20-2)12-9(13)6-8(16(18)19)7-10(12)14/h6-7H,3-5H2,1-2H3. The van der Waals surface area contributed by atoms with Gasteiger partial charge < -0.3 is 9.64 Å². The molecule has 0 aliphatic rings. The quantitative estimate of drug-likeness (QED) is 0.457. The molecule has 6 nitrogen and oxygen atoms in total. The highest BCUT2D eigenvalue weighted by molar-refractivity contribution is 6.39. The van der Waals surface area contributed by atoms with Crippen LogP contribution in [0.1, 0.15) is 13.3 Å². The number of methoxy groups -OCH3 is 1. The molecule has 8 heteroatoms. The number of carbonyl (C=O) groups is 1. The molecule has 110 valence electrons. The molecule has 0 aliphatic heterocycles. The Morgan fingerprint density at radius 1 is 1.40 bits per heavy atom. The molecule has 0 heterocycles. The van der Waals surface area contributed by atoms with E-state index in [0.717, 1.165) is 0 Å². The lowest BCUT2D eigenvalue weighted by atomic mass is 10.2. The molecule has 0 saturated carbocycles. The Morgan fingerprint density at radius 2 is 1.95 bits per heavy atom. The van der Waals surface area contributed by atoms with E-state index in [0.29, 0.717) is 18.8 Å². The van der Waals surface area contributed by atoms with E-state index >= 15 is 0 Å². The summed E-state index contributed by atoms with van der Waals surface area (Å²) in [6, 6.07) is 2.48. The second kappa shape index (κ2) is 7.31. The summed E-state index contributed by atoms with van der Waals surface area (Å²) in [5, 5.41) is 11.1. The first-order valence-corrected chi connectivity index (χ1v) is 6.61. The van der Waals surface area contributed by atoms with Crippen LogP contribution in [-0.4, -0.2) is 31.1 Å². The lowest BCUT2D eigenvalue weighted by molar-refractivity contribution is -0.384. The van der Waals surface area contributed by atoms with Crippen LogP contribution in [0, 0.1) is 10.1 Å². The van der Waals surface area contributed by atoms with Crippen LogP contribution in [0.25, 0.3) is 0 Å². The van der Waals surface area contributed by atoms with Crippen molar-refractivity contribution in [3.05, 3.63) is 32.3 Å². The molecular weight excluding hydrogens is 307 g/mol. The predicted molar refractivity (Wildman–Crippen MR) is 77.6 cm³/mol. The second-order valence-electron chi connectivity index (χ2n) is 3.92. The fourth-order valence-electron chi connectivity index (χ4n) is 1.72. The van der Waals surface area contributed by atoms with Crippen LogP contribution < -0.4 is 4.90 Å². The SMILES string of the molecule is CCN(CCC(=O)OC)c1c(Cl)cc([N+](=O)[O-])cc1Cl. The van der Waals surface area contributed by atoms with Gasteiger partial charge in [-0.2, -0.15) is 0 Å². The first kappa shape index (κ1) is 16.5. The Labute approximate surface area is 126 Å². The largest absolute Gasteiger partial charge is 0.469 e. The fourth-order valence-corrected chi connectivity index (χ4v) is 2.43. The summed E-state index contributed by atoms with van der Waals surface area (Å²) >= 11 is 12.1. The van der Waals surface area contributed by atoms with Gasteiger partial charge in [0.05, 0.1) is 34.2 Å². The van der Waals surface area contributed by atoms with E-state index < -0.39 is 4.92 Å². The average Bonchev–Trinajstić information content (AvgIpc) is 2.40. The number of esters is 1. The molecule has 0 fully saturated rings.